The summed E-state index contributed by atoms with van der Waals surface area (Å²) in [5, 5.41) is 14.3. The monoisotopic (exact) mass is 440 g/mol. The van der Waals surface area contributed by atoms with Crippen LogP contribution < -0.4 is 14.8 Å². The third-order valence-corrected chi connectivity index (χ3v) is 4.76. The molecule has 168 valence electrons. The molecular weight excluding hydrogens is 416 g/mol. The van der Waals surface area contributed by atoms with Crippen LogP contribution in [0.5, 0.6) is 11.5 Å². The minimum absolute atomic E-state index is 0.135. The average Bonchev–Trinajstić information content (AvgIpc) is 3.19. The van der Waals surface area contributed by atoms with E-state index in [0.717, 1.165) is 11.4 Å². The Morgan fingerprint density at radius 1 is 1.16 bits per heavy atom. The fourth-order valence-corrected chi connectivity index (χ4v) is 3.05. The summed E-state index contributed by atoms with van der Waals surface area (Å²) in [5.74, 6) is 0.643. The number of aromatic nitrogens is 2. The highest BCUT2D eigenvalue weighted by Crippen LogP contribution is 2.35. The molecule has 1 amide bonds. The summed E-state index contributed by atoms with van der Waals surface area (Å²) in [7, 11) is 2.91. The summed E-state index contributed by atoms with van der Waals surface area (Å²) >= 11 is 0. The predicted molar refractivity (Wildman–Crippen MR) is 117 cm³/mol. The molecule has 10 nitrogen and oxygen atoms in total. The van der Waals surface area contributed by atoms with Crippen LogP contribution in [-0.2, 0) is 11.3 Å². The largest absolute Gasteiger partial charge is 0.493 e. The smallest absolute Gasteiger partial charge is 0.286 e. The molecule has 0 saturated carbocycles. The molecule has 2 aromatic carbocycles. The van der Waals surface area contributed by atoms with Crippen molar-refractivity contribution in [3.8, 4) is 11.5 Å². The molecule has 0 aliphatic carbocycles. The summed E-state index contributed by atoms with van der Waals surface area (Å²) in [6.45, 7) is 3.05. The Morgan fingerprint density at radius 2 is 1.91 bits per heavy atom. The molecule has 0 aliphatic heterocycles. The van der Waals surface area contributed by atoms with Crippen LogP contribution in [0.1, 0.15) is 21.7 Å². The number of carbonyl (C=O) groups excluding carboxylic acids is 1. The fraction of sp³-hybridized carbons (Fsp3) is 0.273. The zero-order chi connectivity index (χ0) is 23.1. The number of benzene rings is 2. The number of nitrogens with zero attached hydrogens (tertiary/aromatic N) is 3. The van der Waals surface area contributed by atoms with E-state index in [4.69, 9.17) is 14.2 Å². The first-order chi connectivity index (χ1) is 15.4. The van der Waals surface area contributed by atoms with Crippen LogP contribution in [0.2, 0.25) is 0 Å². The second kappa shape index (κ2) is 10.4. The first-order valence-corrected chi connectivity index (χ1v) is 9.79. The van der Waals surface area contributed by atoms with E-state index in [1.165, 1.54) is 26.4 Å². The topological polar surface area (TPSA) is 118 Å². The Morgan fingerprint density at radius 3 is 2.50 bits per heavy atom. The van der Waals surface area contributed by atoms with Gasteiger partial charge in [-0.25, -0.2) is 4.98 Å². The Bertz CT molecular complexity index is 1090. The van der Waals surface area contributed by atoms with Gasteiger partial charge in [-0.15, -0.1) is 0 Å². The van der Waals surface area contributed by atoms with Crippen molar-refractivity contribution in [3.63, 3.8) is 0 Å². The van der Waals surface area contributed by atoms with Gasteiger partial charge < -0.3 is 24.1 Å². The quantitative estimate of drug-likeness (QED) is 0.291. The number of amides is 1. The van der Waals surface area contributed by atoms with Crippen molar-refractivity contribution >= 4 is 17.3 Å². The lowest BCUT2D eigenvalue weighted by molar-refractivity contribution is -0.385. The maximum Gasteiger partial charge on any atom is 0.286 e. The van der Waals surface area contributed by atoms with E-state index < -0.39 is 10.8 Å². The molecular formula is C22H24N4O6. The number of aryl methyl sites for hydroxylation is 1. The van der Waals surface area contributed by atoms with Crippen LogP contribution in [0.4, 0.5) is 11.4 Å². The number of hydrogen-bond acceptors (Lipinski definition) is 7. The lowest BCUT2D eigenvalue weighted by Crippen LogP contribution is -2.15. The summed E-state index contributed by atoms with van der Waals surface area (Å²) in [6.07, 6.45) is 3.62. The van der Waals surface area contributed by atoms with Crippen LogP contribution in [0.3, 0.4) is 0 Å². The summed E-state index contributed by atoms with van der Waals surface area (Å²) < 4.78 is 17.7. The van der Waals surface area contributed by atoms with Gasteiger partial charge in [0.15, 0.2) is 11.5 Å². The molecule has 3 rings (SSSR count). The standard InChI is InChI=1S/C22H24N4O6/c1-15-23-8-9-25(15)14-16-4-6-17(7-5-16)24-22(27)18-12-20(31-3)21(32-11-10-30-2)13-19(18)26(28)29/h4-9,12-13H,10-11,14H2,1-3H3,(H,24,27). The Hall–Kier alpha value is -3.92. The zero-order valence-corrected chi connectivity index (χ0v) is 18.0. The molecule has 0 atom stereocenters. The number of nitro groups is 1. The van der Waals surface area contributed by atoms with Crippen molar-refractivity contribution in [1.29, 1.82) is 0 Å². The summed E-state index contributed by atoms with van der Waals surface area (Å²) in [4.78, 5) is 28.0. The van der Waals surface area contributed by atoms with Crippen LogP contribution in [-0.4, -0.2) is 47.8 Å². The van der Waals surface area contributed by atoms with Gasteiger partial charge in [-0.05, 0) is 24.6 Å². The van der Waals surface area contributed by atoms with Gasteiger partial charge in [-0.1, -0.05) is 12.1 Å². The molecule has 1 N–H and O–H groups in total. The van der Waals surface area contributed by atoms with Crippen LogP contribution in [0.15, 0.2) is 48.8 Å². The Kier molecular flexibility index (Phi) is 7.40. The SMILES string of the molecule is COCCOc1cc([N+](=O)[O-])c(C(=O)Nc2ccc(Cn3ccnc3C)cc2)cc1OC. The number of carbonyl (C=O) groups is 1. The van der Waals surface area contributed by atoms with Gasteiger partial charge in [0.1, 0.15) is 18.0 Å². The second-order valence-corrected chi connectivity index (χ2v) is 6.87. The van der Waals surface area contributed by atoms with Crippen molar-refractivity contribution in [2.45, 2.75) is 13.5 Å². The zero-order valence-electron chi connectivity index (χ0n) is 18.0. The van der Waals surface area contributed by atoms with E-state index in [-0.39, 0.29) is 29.4 Å². The van der Waals surface area contributed by atoms with Gasteiger partial charge in [0.2, 0.25) is 0 Å². The van der Waals surface area contributed by atoms with E-state index in [1.54, 1.807) is 18.3 Å². The average molecular weight is 440 g/mol. The van der Waals surface area contributed by atoms with Gasteiger partial charge in [0.25, 0.3) is 11.6 Å². The van der Waals surface area contributed by atoms with Crippen LogP contribution in [0.25, 0.3) is 0 Å². The number of imidazole rings is 1. The molecule has 0 unspecified atom stereocenters. The minimum Gasteiger partial charge on any atom is -0.493 e. The number of anilines is 1. The van der Waals surface area contributed by atoms with E-state index in [0.29, 0.717) is 18.8 Å². The molecule has 0 fully saturated rings. The lowest BCUT2D eigenvalue weighted by Gasteiger charge is -2.13. The van der Waals surface area contributed by atoms with Crippen molar-refractivity contribution in [3.05, 3.63) is 75.9 Å². The maximum atomic E-state index is 12.8. The molecule has 10 heteroatoms. The number of methoxy groups -OCH3 is 2. The van der Waals surface area contributed by atoms with Crippen LogP contribution in [0, 0.1) is 17.0 Å². The third kappa shape index (κ3) is 5.41. The highest BCUT2D eigenvalue weighted by atomic mass is 16.6. The molecule has 0 bridgehead atoms. The molecule has 32 heavy (non-hydrogen) atoms. The van der Waals surface area contributed by atoms with Gasteiger partial charge in [0, 0.05) is 37.8 Å². The minimum atomic E-state index is -0.631. The maximum absolute atomic E-state index is 12.8. The number of hydrogen-bond donors (Lipinski definition) is 1. The van der Waals surface area contributed by atoms with E-state index in [1.807, 2.05) is 29.8 Å². The number of nitrogens with one attached hydrogen (secondary N) is 1. The van der Waals surface area contributed by atoms with E-state index in [2.05, 4.69) is 10.3 Å². The summed E-state index contributed by atoms with van der Waals surface area (Å²) in [6, 6.07) is 9.70. The van der Waals surface area contributed by atoms with Crippen molar-refractivity contribution in [2.24, 2.45) is 0 Å². The second-order valence-electron chi connectivity index (χ2n) is 6.87. The highest BCUT2D eigenvalue weighted by molar-refractivity contribution is 6.07. The normalized spacial score (nSPS) is 10.6. The Labute approximate surface area is 184 Å². The van der Waals surface area contributed by atoms with E-state index in [9.17, 15) is 14.9 Å². The van der Waals surface area contributed by atoms with Gasteiger partial charge in [-0.3, -0.25) is 14.9 Å². The van der Waals surface area contributed by atoms with Gasteiger partial charge in [0.05, 0.1) is 24.7 Å². The molecule has 0 spiro atoms. The fourth-order valence-electron chi connectivity index (χ4n) is 3.05. The predicted octanol–water partition coefficient (Wildman–Crippen LogP) is 3.43. The molecule has 1 heterocycles. The summed E-state index contributed by atoms with van der Waals surface area (Å²) in [5.41, 5.74) is 1.01. The van der Waals surface area contributed by atoms with Gasteiger partial charge in [-0.2, -0.15) is 0 Å². The molecule has 0 radical (unpaired) electrons. The molecule has 0 saturated heterocycles. The van der Waals surface area contributed by atoms with E-state index >= 15 is 0 Å². The molecule has 3 aromatic rings. The molecule has 1 aromatic heterocycles. The van der Waals surface area contributed by atoms with Crippen molar-refractivity contribution in [1.82, 2.24) is 9.55 Å². The van der Waals surface area contributed by atoms with Gasteiger partial charge >= 0.3 is 0 Å². The highest BCUT2D eigenvalue weighted by Gasteiger charge is 2.25. The Balaban J connectivity index is 1.78. The lowest BCUT2D eigenvalue weighted by atomic mass is 10.1. The number of rotatable bonds is 10. The first kappa shape index (κ1) is 22.8. The molecule has 0 aliphatic rings. The van der Waals surface area contributed by atoms with Crippen molar-refractivity contribution in [2.75, 3.05) is 32.8 Å². The van der Waals surface area contributed by atoms with Crippen molar-refractivity contribution < 1.29 is 23.9 Å². The van der Waals surface area contributed by atoms with Crippen LogP contribution >= 0.6 is 0 Å². The third-order valence-electron chi connectivity index (χ3n) is 4.76. The number of ether oxygens (including phenoxy) is 3. The number of nitro benzene ring substituents is 1. The first-order valence-electron chi connectivity index (χ1n) is 9.79.